The average Bonchev–Trinajstić information content (AvgIpc) is 2.20. The maximum absolute atomic E-state index is 6.10. The quantitative estimate of drug-likeness (QED) is 0.800. The molecule has 0 heterocycles. The van der Waals surface area contributed by atoms with E-state index in [1.807, 2.05) is 43.3 Å². The zero-order valence-corrected chi connectivity index (χ0v) is 10.5. The number of anilines is 1. The van der Waals surface area contributed by atoms with E-state index in [1.54, 1.807) is 11.8 Å². The Balaban J connectivity index is 2.30. The van der Waals surface area contributed by atoms with E-state index >= 15 is 0 Å². The fraction of sp³-hybridized carbons (Fsp3) is 0.0769. The van der Waals surface area contributed by atoms with Gasteiger partial charge in [0.2, 0.25) is 0 Å². The fourth-order valence-corrected chi connectivity index (χ4v) is 2.75. The van der Waals surface area contributed by atoms with Crippen LogP contribution in [0.2, 0.25) is 5.02 Å². The summed E-state index contributed by atoms with van der Waals surface area (Å²) in [5.74, 6) is 0. The Morgan fingerprint density at radius 1 is 1.12 bits per heavy atom. The maximum Gasteiger partial charge on any atom is 0.0545 e. The van der Waals surface area contributed by atoms with Crippen LogP contribution in [-0.4, -0.2) is 0 Å². The van der Waals surface area contributed by atoms with Gasteiger partial charge in [0.05, 0.1) is 5.02 Å². The van der Waals surface area contributed by atoms with Gasteiger partial charge in [-0.15, -0.1) is 0 Å². The van der Waals surface area contributed by atoms with E-state index in [4.69, 9.17) is 17.3 Å². The summed E-state index contributed by atoms with van der Waals surface area (Å²) in [5.41, 5.74) is 7.75. The molecule has 16 heavy (non-hydrogen) atoms. The van der Waals surface area contributed by atoms with E-state index < -0.39 is 0 Å². The van der Waals surface area contributed by atoms with Gasteiger partial charge in [0.25, 0.3) is 0 Å². The molecule has 0 aliphatic heterocycles. The highest BCUT2D eigenvalue weighted by molar-refractivity contribution is 7.99. The van der Waals surface area contributed by atoms with Crippen LogP contribution >= 0.6 is 23.4 Å². The maximum atomic E-state index is 6.10. The Kier molecular flexibility index (Phi) is 3.42. The number of benzene rings is 2. The highest BCUT2D eigenvalue weighted by Gasteiger charge is 2.02. The normalized spacial score (nSPS) is 10.4. The van der Waals surface area contributed by atoms with Crippen molar-refractivity contribution in [2.24, 2.45) is 0 Å². The molecule has 2 aromatic carbocycles. The lowest BCUT2D eigenvalue weighted by molar-refractivity contribution is 1.35. The number of nitrogen functional groups attached to an aromatic ring is 1. The molecule has 0 fully saturated rings. The van der Waals surface area contributed by atoms with Crippen molar-refractivity contribution in [1.82, 2.24) is 0 Å². The first kappa shape index (κ1) is 11.4. The molecule has 0 saturated heterocycles. The SMILES string of the molecule is Cc1cc(N)cc(Sc2ccccc2Cl)c1. The zero-order chi connectivity index (χ0) is 11.5. The second-order valence-corrected chi connectivity index (χ2v) is 5.13. The molecule has 0 spiro atoms. The van der Waals surface area contributed by atoms with Gasteiger partial charge in [-0.05, 0) is 42.8 Å². The number of halogens is 1. The second-order valence-electron chi connectivity index (χ2n) is 3.61. The number of rotatable bonds is 2. The molecular weight excluding hydrogens is 238 g/mol. The largest absolute Gasteiger partial charge is 0.399 e. The van der Waals surface area contributed by atoms with Crippen LogP contribution in [0.4, 0.5) is 5.69 Å². The summed E-state index contributed by atoms with van der Waals surface area (Å²) >= 11 is 7.73. The zero-order valence-electron chi connectivity index (χ0n) is 8.91. The van der Waals surface area contributed by atoms with E-state index in [9.17, 15) is 0 Å². The molecule has 3 heteroatoms. The van der Waals surface area contributed by atoms with Gasteiger partial charge >= 0.3 is 0 Å². The van der Waals surface area contributed by atoms with Gasteiger partial charge < -0.3 is 5.73 Å². The Morgan fingerprint density at radius 3 is 2.56 bits per heavy atom. The summed E-state index contributed by atoms with van der Waals surface area (Å²) in [6.45, 7) is 2.03. The minimum absolute atomic E-state index is 0.771. The molecule has 1 nitrogen and oxygen atoms in total. The van der Waals surface area contributed by atoms with Crippen molar-refractivity contribution in [3.05, 3.63) is 53.1 Å². The predicted octanol–water partition coefficient (Wildman–Crippen LogP) is 4.38. The van der Waals surface area contributed by atoms with Crippen LogP contribution in [0.15, 0.2) is 52.3 Å². The first-order valence-corrected chi connectivity index (χ1v) is 6.14. The Hall–Kier alpha value is -1.12. The molecule has 0 aromatic heterocycles. The van der Waals surface area contributed by atoms with Crippen molar-refractivity contribution < 1.29 is 0 Å². The van der Waals surface area contributed by atoms with Crippen molar-refractivity contribution in [3.8, 4) is 0 Å². The first-order chi connectivity index (χ1) is 7.65. The van der Waals surface area contributed by atoms with E-state index in [2.05, 4.69) is 6.07 Å². The molecule has 0 saturated carbocycles. The third-order valence-electron chi connectivity index (χ3n) is 2.14. The molecule has 2 rings (SSSR count). The highest BCUT2D eigenvalue weighted by atomic mass is 35.5. The molecule has 0 bridgehead atoms. The third kappa shape index (κ3) is 2.71. The summed E-state index contributed by atoms with van der Waals surface area (Å²) in [4.78, 5) is 2.17. The monoisotopic (exact) mass is 249 g/mol. The van der Waals surface area contributed by atoms with Crippen LogP contribution in [0.25, 0.3) is 0 Å². The van der Waals surface area contributed by atoms with E-state index in [1.165, 1.54) is 0 Å². The van der Waals surface area contributed by atoms with Crippen LogP contribution < -0.4 is 5.73 Å². The topological polar surface area (TPSA) is 26.0 Å². The first-order valence-electron chi connectivity index (χ1n) is 4.95. The Bertz CT molecular complexity index is 491. The van der Waals surface area contributed by atoms with Crippen LogP contribution in [0.1, 0.15) is 5.56 Å². The average molecular weight is 250 g/mol. The van der Waals surface area contributed by atoms with Gasteiger partial charge in [0, 0.05) is 15.5 Å². The molecule has 82 valence electrons. The van der Waals surface area contributed by atoms with Crippen molar-refractivity contribution >= 4 is 29.1 Å². The summed E-state index contributed by atoms with van der Waals surface area (Å²) in [7, 11) is 0. The smallest absolute Gasteiger partial charge is 0.0545 e. The predicted molar refractivity (Wildman–Crippen MR) is 71.2 cm³/mol. The summed E-state index contributed by atoms with van der Waals surface area (Å²) in [6, 6.07) is 13.8. The molecule has 2 N–H and O–H groups in total. The molecule has 0 aliphatic rings. The number of aryl methyl sites for hydroxylation is 1. The van der Waals surface area contributed by atoms with Crippen molar-refractivity contribution in [2.75, 3.05) is 5.73 Å². The summed E-state index contributed by atoms with van der Waals surface area (Å²) in [5, 5.41) is 0.771. The highest BCUT2D eigenvalue weighted by Crippen LogP contribution is 2.34. The molecule has 0 atom stereocenters. The minimum Gasteiger partial charge on any atom is -0.399 e. The number of hydrogen-bond acceptors (Lipinski definition) is 2. The fourth-order valence-electron chi connectivity index (χ4n) is 1.49. The molecular formula is C13H12ClNS. The van der Waals surface area contributed by atoms with E-state index in [0.717, 1.165) is 26.1 Å². The molecule has 0 unspecified atom stereocenters. The van der Waals surface area contributed by atoms with Crippen molar-refractivity contribution in [3.63, 3.8) is 0 Å². The minimum atomic E-state index is 0.771. The Labute approximate surface area is 105 Å². The van der Waals surface area contributed by atoms with Crippen molar-refractivity contribution in [2.45, 2.75) is 16.7 Å². The van der Waals surface area contributed by atoms with E-state index in [-0.39, 0.29) is 0 Å². The lowest BCUT2D eigenvalue weighted by Crippen LogP contribution is -1.86. The standard InChI is InChI=1S/C13H12ClNS/c1-9-6-10(15)8-11(7-9)16-13-5-3-2-4-12(13)14/h2-8H,15H2,1H3. The molecule has 0 aliphatic carbocycles. The van der Waals surface area contributed by atoms with Crippen LogP contribution in [0.3, 0.4) is 0 Å². The molecule has 2 aromatic rings. The Morgan fingerprint density at radius 2 is 1.88 bits per heavy atom. The van der Waals surface area contributed by atoms with E-state index in [0.29, 0.717) is 0 Å². The van der Waals surface area contributed by atoms with Gasteiger partial charge in [0.1, 0.15) is 0 Å². The third-order valence-corrected chi connectivity index (χ3v) is 3.63. The summed E-state index contributed by atoms with van der Waals surface area (Å²) < 4.78 is 0. The van der Waals surface area contributed by atoms with Gasteiger partial charge in [-0.1, -0.05) is 35.5 Å². The number of hydrogen-bond donors (Lipinski definition) is 1. The molecule has 0 amide bonds. The number of nitrogens with two attached hydrogens (primary N) is 1. The van der Waals surface area contributed by atoms with Crippen molar-refractivity contribution in [1.29, 1.82) is 0 Å². The van der Waals surface area contributed by atoms with Crippen LogP contribution in [-0.2, 0) is 0 Å². The van der Waals surface area contributed by atoms with Crippen LogP contribution in [0, 0.1) is 6.92 Å². The van der Waals surface area contributed by atoms with Gasteiger partial charge in [-0.2, -0.15) is 0 Å². The van der Waals surface area contributed by atoms with Gasteiger partial charge in [-0.3, -0.25) is 0 Å². The second kappa shape index (κ2) is 4.81. The lowest BCUT2D eigenvalue weighted by atomic mass is 10.2. The molecule has 0 radical (unpaired) electrons. The van der Waals surface area contributed by atoms with Crippen LogP contribution in [0.5, 0.6) is 0 Å². The van der Waals surface area contributed by atoms with Gasteiger partial charge in [0.15, 0.2) is 0 Å². The summed E-state index contributed by atoms with van der Waals surface area (Å²) in [6.07, 6.45) is 0. The van der Waals surface area contributed by atoms with Gasteiger partial charge in [-0.25, -0.2) is 0 Å². The lowest BCUT2D eigenvalue weighted by Gasteiger charge is -2.06.